The maximum atomic E-state index is 11.0. The number of allylic oxidation sites excluding steroid dienone is 1. The van der Waals surface area contributed by atoms with Gasteiger partial charge in [0.05, 0.1) is 23.8 Å². The van der Waals surface area contributed by atoms with Gasteiger partial charge in [-0.15, -0.1) is 0 Å². The number of ether oxygens (including phenoxy) is 1. The highest BCUT2D eigenvalue weighted by molar-refractivity contribution is 5.92. The number of nitrogens with zero attached hydrogens (tertiary/aromatic N) is 1. The van der Waals surface area contributed by atoms with Crippen LogP contribution in [0.4, 0.5) is 0 Å². The van der Waals surface area contributed by atoms with Crippen LogP contribution in [0.5, 0.6) is 5.75 Å². The highest BCUT2D eigenvalue weighted by atomic mass is 16.5. The van der Waals surface area contributed by atoms with Crippen molar-refractivity contribution in [2.45, 2.75) is 33.6 Å². The van der Waals surface area contributed by atoms with Gasteiger partial charge in [-0.25, -0.2) is 4.79 Å². The van der Waals surface area contributed by atoms with Crippen LogP contribution in [0.15, 0.2) is 36.4 Å². The number of hydrogen-bond acceptors (Lipinski definition) is 3. The lowest BCUT2D eigenvalue weighted by Gasteiger charge is -2.16. The van der Waals surface area contributed by atoms with Crippen molar-refractivity contribution in [2.24, 2.45) is 0 Å². The first-order valence-corrected chi connectivity index (χ1v) is 8.60. The van der Waals surface area contributed by atoms with Crippen LogP contribution in [0.1, 0.15) is 59.3 Å². The summed E-state index contributed by atoms with van der Waals surface area (Å²) in [5.41, 5.74) is 4.46. The van der Waals surface area contributed by atoms with E-state index in [1.165, 1.54) is 12.1 Å². The zero-order chi connectivity index (χ0) is 19.3. The number of carboxylic acid groups (broad SMARTS) is 1. The Bertz CT molecular complexity index is 871. The van der Waals surface area contributed by atoms with Crippen LogP contribution in [0.3, 0.4) is 0 Å². The SMILES string of the molecule is CCOc1cc(C)c(C=C(C#N)c2ccc(C(=O)O)cc2)cc1C(C)C. The minimum absolute atomic E-state index is 0.199. The van der Waals surface area contributed by atoms with Gasteiger partial charge in [-0.1, -0.05) is 26.0 Å². The summed E-state index contributed by atoms with van der Waals surface area (Å²) >= 11 is 0. The maximum Gasteiger partial charge on any atom is 0.335 e. The predicted octanol–water partition coefficient (Wildman–Crippen LogP) is 5.28. The molecular weight excluding hydrogens is 326 g/mol. The molecule has 0 saturated heterocycles. The zero-order valence-corrected chi connectivity index (χ0v) is 15.5. The van der Waals surface area contributed by atoms with Gasteiger partial charge in [-0.05, 0) is 72.4 Å². The summed E-state index contributed by atoms with van der Waals surface area (Å²) in [5, 5.41) is 18.6. The van der Waals surface area contributed by atoms with E-state index < -0.39 is 5.97 Å². The van der Waals surface area contributed by atoms with Crippen molar-refractivity contribution in [1.82, 2.24) is 0 Å². The van der Waals surface area contributed by atoms with Crippen molar-refractivity contribution in [3.05, 3.63) is 64.2 Å². The Morgan fingerprint density at radius 2 is 1.85 bits per heavy atom. The highest BCUT2D eigenvalue weighted by Gasteiger charge is 2.12. The van der Waals surface area contributed by atoms with Gasteiger partial charge in [0.15, 0.2) is 0 Å². The molecule has 0 fully saturated rings. The fourth-order valence-corrected chi connectivity index (χ4v) is 2.73. The minimum atomic E-state index is -0.983. The van der Waals surface area contributed by atoms with E-state index in [0.717, 1.165) is 22.4 Å². The molecule has 4 heteroatoms. The molecule has 134 valence electrons. The first-order valence-electron chi connectivity index (χ1n) is 8.60. The molecule has 0 amide bonds. The smallest absolute Gasteiger partial charge is 0.335 e. The van der Waals surface area contributed by atoms with Crippen LogP contribution in [-0.2, 0) is 0 Å². The Hall–Kier alpha value is -3.06. The average molecular weight is 349 g/mol. The number of carbonyl (C=O) groups is 1. The lowest BCUT2D eigenvalue weighted by molar-refractivity contribution is 0.0697. The quantitative estimate of drug-likeness (QED) is 0.569. The van der Waals surface area contributed by atoms with Crippen molar-refractivity contribution in [2.75, 3.05) is 6.61 Å². The molecule has 0 bridgehead atoms. The second-order valence-corrected chi connectivity index (χ2v) is 6.39. The largest absolute Gasteiger partial charge is 0.494 e. The average Bonchev–Trinajstić information content (AvgIpc) is 2.61. The molecule has 0 heterocycles. The van der Waals surface area contributed by atoms with Gasteiger partial charge in [-0.3, -0.25) is 0 Å². The third kappa shape index (κ3) is 4.31. The zero-order valence-electron chi connectivity index (χ0n) is 15.5. The molecule has 2 rings (SSSR count). The van der Waals surface area contributed by atoms with Crippen LogP contribution in [0.25, 0.3) is 11.6 Å². The van der Waals surface area contributed by atoms with Gasteiger partial charge in [0.1, 0.15) is 5.75 Å². The van der Waals surface area contributed by atoms with Gasteiger partial charge in [0.2, 0.25) is 0 Å². The Balaban J connectivity index is 2.50. The van der Waals surface area contributed by atoms with Crippen LogP contribution >= 0.6 is 0 Å². The van der Waals surface area contributed by atoms with Gasteiger partial charge in [-0.2, -0.15) is 5.26 Å². The van der Waals surface area contributed by atoms with E-state index in [4.69, 9.17) is 9.84 Å². The topological polar surface area (TPSA) is 70.3 Å². The van der Waals surface area contributed by atoms with E-state index in [-0.39, 0.29) is 5.56 Å². The Morgan fingerprint density at radius 1 is 1.23 bits per heavy atom. The van der Waals surface area contributed by atoms with Gasteiger partial charge in [0, 0.05) is 0 Å². The molecule has 1 N–H and O–H groups in total. The summed E-state index contributed by atoms with van der Waals surface area (Å²) in [6.07, 6.45) is 1.84. The third-order valence-corrected chi connectivity index (χ3v) is 4.18. The number of benzene rings is 2. The Labute approximate surface area is 154 Å². The maximum absolute atomic E-state index is 11.0. The predicted molar refractivity (Wildman–Crippen MR) is 103 cm³/mol. The van der Waals surface area contributed by atoms with E-state index in [9.17, 15) is 10.1 Å². The van der Waals surface area contributed by atoms with Crippen LogP contribution in [0.2, 0.25) is 0 Å². The summed E-state index contributed by atoms with van der Waals surface area (Å²) in [6.45, 7) is 8.77. The summed E-state index contributed by atoms with van der Waals surface area (Å²) in [7, 11) is 0. The van der Waals surface area contributed by atoms with E-state index in [2.05, 4.69) is 26.0 Å². The molecule has 0 aromatic heterocycles. The monoisotopic (exact) mass is 349 g/mol. The number of aromatic carboxylic acids is 1. The van der Waals surface area contributed by atoms with Crippen molar-refractivity contribution in [1.29, 1.82) is 5.26 Å². The van der Waals surface area contributed by atoms with Gasteiger partial charge < -0.3 is 9.84 Å². The van der Waals surface area contributed by atoms with E-state index in [1.54, 1.807) is 12.1 Å². The normalized spacial score (nSPS) is 11.3. The molecule has 0 radical (unpaired) electrons. The number of carboxylic acids is 1. The van der Waals surface area contributed by atoms with Crippen LogP contribution in [0, 0.1) is 18.3 Å². The molecule has 0 aliphatic carbocycles. The molecule has 26 heavy (non-hydrogen) atoms. The summed E-state index contributed by atoms with van der Waals surface area (Å²) in [5.74, 6) is 0.189. The first-order chi connectivity index (χ1) is 12.4. The third-order valence-electron chi connectivity index (χ3n) is 4.18. The van der Waals surface area contributed by atoms with Crippen molar-refractivity contribution in [3.63, 3.8) is 0 Å². The number of aryl methyl sites for hydroxylation is 1. The van der Waals surface area contributed by atoms with Crippen molar-refractivity contribution >= 4 is 17.6 Å². The Kier molecular flexibility index (Phi) is 6.19. The summed E-state index contributed by atoms with van der Waals surface area (Å²) in [6, 6.07) is 12.6. The lowest BCUT2D eigenvalue weighted by atomic mass is 9.94. The second-order valence-electron chi connectivity index (χ2n) is 6.39. The summed E-state index contributed by atoms with van der Waals surface area (Å²) in [4.78, 5) is 11.0. The number of hydrogen-bond donors (Lipinski definition) is 1. The number of rotatable bonds is 6. The molecule has 0 unspecified atom stereocenters. The minimum Gasteiger partial charge on any atom is -0.494 e. The molecule has 0 spiro atoms. The van der Waals surface area contributed by atoms with Gasteiger partial charge in [0.25, 0.3) is 0 Å². The number of nitriles is 1. The molecule has 0 aliphatic heterocycles. The van der Waals surface area contributed by atoms with Crippen LogP contribution < -0.4 is 4.74 Å². The fraction of sp³-hybridized carbons (Fsp3) is 0.273. The Morgan fingerprint density at radius 3 is 2.35 bits per heavy atom. The van der Waals surface area contributed by atoms with Crippen molar-refractivity contribution < 1.29 is 14.6 Å². The molecule has 0 saturated carbocycles. The lowest BCUT2D eigenvalue weighted by Crippen LogP contribution is -2.00. The molecular formula is C22H23NO3. The fourth-order valence-electron chi connectivity index (χ4n) is 2.73. The van der Waals surface area contributed by atoms with E-state index >= 15 is 0 Å². The first kappa shape index (κ1) is 19.3. The molecule has 0 aliphatic rings. The summed E-state index contributed by atoms with van der Waals surface area (Å²) < 4.78 is 5.74. The molecule has 2 aromatic rings. The molecule has 4 nitrogen and oxygen atoms in total. The molecule has 2 aromatic carbocycles. The molecule has 0 atom stereocenters. The van der Waals surface area contributed by atoms with Crippen molar-refractivity contribution in [3.8, 4) is 11.8 Å². The standard InChI is InChI=1S/C22H23NO3/c1-5-26-21-10-15(4)18(12-20(21)14(2)3)11-19(13-23)16-6-8-17(9-7-16)22(24)25/h6-12,14H,5H2,1-4H3,(H,24,25). The second kappa shape index (κ2) is 8.35. The van der Waals surface area contributed by atoms with Gasteiger partial charge >= 0.3 is 5.97 Å². The highest BCUT2D eigenvalue weighted by Crippen LogP contribution is 2.31. The van der Waals surface area contributed by atoms with E-state index in [0.29, 0.717) is 23.7 Å². The van der Waals surface area contributed by atoms with Crippen LogP contribution in [-0.4, -0.2) is 17.7 Å². The van der Waals surface area contributed by atoms with E-state index in [1.807, 2.05) is 26.0 Å².